The number of nitrogens with two attached hydrogens (primary N) is 1. The Bertz CT molecular complexity index is 552. The highest BCUT2D eigenvalue weighted by Crippen LogP contribution is 2.23. The van der Waals surface area contributed by atoms with Gasteiger partial charge in [-0.05, 0) is 37.4 Å². The fraction of sp³-hybridized carbons (Fsp3) is 0.500. The van der Waals surface area contributed by atoms with Crippen LogP contribution in [0.15, 0.2) is 18.2 Å². The zero-order chi connectivity index (χ0) is 14.8. The number of benzene rings is 1. The van der Waals surface area contributed by atoms with Gasteiger partial charge in [-0.25, -0.2) is 8.78 Å². The van der Waals surface area contributed by atoms with Gasteiger partial charge in [-0.2, -0.15) is 12.7 Å². The van der Waals surface area contributed by atoms with Crippen molar-refractivity contribution in [3.8, 4) is 0 Å². The lowest BCUT2D eigenvalue weighted by atomic mass is 9.99. The SMILES string of the molecule is NCC1CCN(S(=O)(=O)Nc2c(F)cccc2F)CC1. The minimum Gasteiger partial charge on any atom is -0.330 e. The highest BCUT2D eigenvalue weighted by Gasteiger charge is 2.28. The van der Waals surface area contributed by atoms with Crippen LogP contribution in [-0.4, -0.2) is 32.4 Å². The molecule has 0 spiro atoms. The summed E-state index contributed by atoms with van der Waals surface area (Å²) in [5.41, 5.74) is 4.89. The van der Waals surface area contributed by atoms with E-state index in [0.717, 1.165) is 12.1 Å². The van der Waals surface area contributed by atoms with Gasteiger partial charge in [-0.1, -0.05) is 6.07 Å². The van der Waals surface area contributed by atoms with Gasteiger partial charge in [0.05, 0.1) is 0 Å². The van der Waals surface area contributed by atoms with E-state index in [1.807, 2.05) is 4.72 Å². The van der Waals surface area contributed by atoms with Crippen molar-refractivity contribution in [3.05, 3.63) is 29.8 Å². The number of hydrogen-bond donors (Lipinski definition) is 2. The van der Waals surface area contributed by atoms with E-state index in [-0.39, 0.29) is 0 Å². The second kappa shape index (κ2) is 6.02. The lowest BCUT2D eigenvalue weighted by Crippen LogP contribution is -2.43. The van der Waals surface area contributed by atoms with Gasteiger partial charge in [-0.3, -0.25) is 4.72 Å². The van der Waals surface area contributed by atoms with E-state index in [0.29, 0.717) is 38.4 Å². The quantitative estimate of drug-likeness (QED) is 0.880. The van der Waals surface area contributed by atoms with Crippen molar-refractivity contribution in [2.24, 2.45) is 11.7 Å². The van der Waals surface area contributed by atoms with Crippen LogP contribution in [0.25, 0.3) is 0 Å². The number of nitrogens with one attached hydrogen (secondary N) is 1. The maximum Gasteiger partial charge on any atom is 0.301 e. The van der Waals surface area contributed by atoms with Crippen molar-refractivity contribution in [1.29, 1.82) is 0 Å². The van der Waals surface area contributed by atoms with Crippen LogP contribution in [0.2, 0.25) is 0 Å². The van der Waals surface area contributed by atoms with Crippen LogP contribution in [0.3, 0.4) is 0 Å². The standard InChI is InChI=1S/C12H17F2N3O2S/c13-10-2-1-3-11(14)12(10)16-20(18,19)17-6-4-9(8-15)5-7-17/h1-3,9,16H,4-8,15H2. The Morgan fingerprint density at radius 1 is 1.25 bits per heavy atom. The molecular formula is C12H17F2N3O2S. The van der Waals surface area contributed by atoms with Crippen LogP contribution in [0, 0.1) is 17.6 Å². The van der Waals surface area contributed by atoms with E-state index in [1.165, 1.54) is 10.4 Å². The molecule has 0 aromatic heterocycles. The predicted molar refractivity (Wildman–Crippen MR) is 72.3 cm³/mol. The average Bonchev–Trinajstić information content (AvgIpc) is 2.43. The first kappa shape index (κ1) is 15.1. The Labute approximate surface area is 116 Å². The van der Waals surface area contributed by atoms with Gasteiger partial charge in [0.25, 0.3) is 0 Å². The molecule has 0 unspecified atom stereocenters. The predicted octanol–water partition coefficient (Wildman–Crippen LogP) is 1.29. The molecule has 0 amide bonds. The van der Waals surface area contributed by atoms with Gasteiger partial charge < -0.3 is 5.73 Å². The summed E-state index contributed by atoms with van der Waals surface area (Å²) in [5, 5.41) is 0. The molecule has 1 aliphatic rings. The van der Waals surface area contributed by atoms with Crippen molar-refractivity contribution in [2.75, 3.05) is 24.4 Å². The summed E-state index contributed by atoms with van der Waals surface area (Å²) in [7, 11) is -3.95. The molecule has 8 heteroatoms. The molecule has 1 aromatic carbocycles. The third kappa shape index (κ3) is 3.25. The normalized spacial score (nSPS) is 18.1. The van der Waals surface area contributed by atoms with Crippen molar-refractivity contribution >= 4 is 15.9 Å². The van der Waals surface area contributed by atoms with E-state index in [1.54, 1.807) is 0 Å². The third-order valence-corrected chi connectivity index (χ3v) is 4.95. The van der Waals surface area contributed by atoms with Gasteiger partial charge in [0, 0.05) is 13.1 Å². The van der Waals surface area contributed by atoms with Crippen molar-refractivity contribution in [2.45, 2.75) is 12.8 Å². The molecule has 3 N–H and O–H groups in total. The van der Waals surface area contributed by atoms with E-state index >= 15 is 0 Å². The highest BCUT2D eigenvalue weighted by molar-refractivity contribution is 7.90. The highest BCUT2D eigenvalue weighted by atomic mass is 32.2. The second-order valence-corrected chi connectivity index (χ2v) is 6.45. The zero-order valence-corrected chi connectivity index (χ0v) is 11.7. The van der Waals surface area contributed by atoms with Crippen LogP contribution in [0.1, 0.15) is 12.8 Å². The Hall–Kier alpha value is -1.25. The van der Waals surface area contributed by atoms with E-state index in [9.17, 15) is 17.2 Å². The lowest BCUT2D eigenvalue weighted by Gasteiger charge is -2.30. The minimum atomic E-state index is -3.95. The molecule has 1 heterocycles. The molecule has 1 saturated heterocycles. The molecule has 0 atom stereocenters. The van der Waals surface area contributed by atoms with E-state index < -0.39 is 27.5 Å². The van der Waals surface area contributed by atoms with Crippen molar-refractivity contribution in [3.63, 3.8) is 0 Å². The monoisotopic (exact) mass is 305 g/mol. The number of nitrogens with zero attached hydrogens (tertiary/aromatic N) is 1. The Morgan fingerprint density at radius 2 is 1.80 bits per heavy atom. The number of piperidine rings is 1. The van der Waals surface area contributed by atoms with Crippen LogP contribution < -0.4 is 10.5 Å². The summed E-state index contributed by atoms with van der Waals surface area (Å²) in [6, 6.07) is 3.18. The molecule has 1 aliphatic heterocycles. The summed E-state index contributed by atoms with van der Waals surface area (Å²) < 4.78 is 54.3. The molecule has 112 valence electrons. The first-order valence-electron chi connectivity index (χ1n) is 6.36. The fourth-order valence-corrected chi connectivity index (χ4v) is 3.45. The Kier molecular flexibility index (Phi) is 4.56. The van der Waals surface area contributed by atoms with Gasteiger partial charge in [0.2, 0.25) is 0 Å². The molecule has 0 saturated carbocycles. The maximum atomic E-state index is 13.5. The first-order valence-corrected chi connectivity index (χ1v) is 7.80. The van der Waals surface area contributed by atoms with Gasteiger partial charge in [0.15, 0.2) is 0 Å². The second-order valence-electron chi connectivity index (χ2n) is 4.78. The number of anilines is 1. The smallest absolute Gasteiger partial charge is 0.301 e. The largest absolute Gasteiger partial charge is 0.330 e. The molecule has 0 bridgehead atoms. The van der Waals surface area contributed by atoms with Crippen LogP contribution in [0.4, 0.5) is 14.5 Å². The number of hydrogen-bond acceptors (Lipinski definition) is 3. The summed E-state index contributed by atoms with van der Waals surface area (Å²) in [4.78, 5) is 0. The van der Waals surface area contributed by atoms with E-state index in [2.05, 4.69) is 0 Å². The summed E-state index contributed by atoms with van der Waals surface area (Å²) in [6.07, 6.45) is 1.30. The van der Waals surface area contributed by atoms with Gasteiger partial charge >= 0.3 is 10.2 Å². The summed E-state index contributed by atoms with van der Waals surface area (Å²) in [5.74, 6) is -1.58. The first-order chi connectivity index (χ1) is 9.44. The Balaban J connectivity index is 2.12. The number of halogens is 2. The van der Waals surface area contributed by atoms with Crippen molar-refractivity contribution in [1.82, 2.24) is 4.31 Å². The molecule has 20 heavy (non-hydrogen) atoms. The molecule has 5 nitrogen and oxygen atoms in total. The number of para-hydroxylation sites is 1. The molecule has 0 aliphatic carbocycles. The molecule has 0 radical (unpaired) electrons. The minimum absolute atomic E-state index is 0.298. The molecular weight excluding hydrogens is 288 g/mol. The van der Waals surface area contributed by atoms with Crippen LogP contribution in [0.5, 0.6) is 0 Å². The maximum absolute atomic E-state index is 13.5. The zero-order valence-electron chi connectivity index (χ0n) is 10.9. The van der Waals surface area contributed by atoms with Crippen LogP contribution in [-0.2, 0) is 10.2 Å². The molecule has 1 fully saturated rings. The van der Waals surface area contributed by atoms with Gasteiger partial charge in [0.1, 0.15) is 17.3 Å². The van der Waals surface area contributed by atoms with Crippen LogP contribution >= 0.6 is 0 Å². The van der Waals surface area contributed by atoms with Crippen molar-refractivity contribution < 1.29 is 17.2 Å². The third-order valence-electron chi connectivity index (χ3n) is 3.44. The average molecular weight is 305 g/mol. The summed E-state index contributed by atoms with van der Waals surface area (Å²) in [6.45, 7) is 1.11. The fourth-order valence-electron chi connectivity index (χ4n) is 2.17. The molecule has 2 rings (SSSR count). The van der Waals surface area contributed by atoms with E-state index in [4.69, 9.17) is 5.73 Å². The van der Waals surface area contributed by atoms with Gasteiger partial charge in [-0.15, -0.1) is 0 Å². The summed E-state index contributed by atoms with van der Waals surface area (Å²) >= 11 is 0. The number of rotatable bonds is 4. The topological polar surface area (TPSA) is 75.4 Å². The Morgan fingerprint density at radius 3 is 2.30 bits per heavy atom. The lowest BCUT2D eigenvalue weighted by molar-refractivity contribution is 0.279. The molecule has 1 aromatic rings.